The smallest absolute Gasteiger partial charge is 0.227 e. The second-order valence-corrected chi connectivity index (χ2v) is 7.94. The monoisotopic (exact) mass is 394 g/mol. The molecular formula is C23H26N2O4. The van der Waals surface area contributed by atoms with Crippen molar-refractivity contribution in [3.05, 3.63) is 59.7 Å². The van der Waals surface area contributed by atoms with E-state index in [0.29, 0.717) is 19.6 Å². The van der Waals surface area contributed by atoms with Gasteiger partial charge < -0.3 is 19.1 Å². The molecule has 0 N–H and O–H groups in total. The minimum Gasteiger partial charge on any atom is -0.493 e. The van der Waals surface area contributed by atoms with Crippen LogP contribution in [0.3, 0.4) is 0 Å². The number of para-hydroxylation sites is 1. The fourth-order valence-corrected chi connectivity index (χ4v) is 5.34. The van der Waals surface area contributed by atoms with Gasteiger partial charge in [0.1, 0.15) is 0 Å². The summed E-state index contributed by atoms with van der Waals surface area (Å²) in [6.07, 6.45) is 1.33. The summed E-state index contributed by atoms with van der Waals surface area (Å²) in [4.78, 5) is 17.4. The third-order valence-electron chi connectivity index (χ3n) is 6.61. The molecule has 2 aromatic carbocycles. The maximum Gasteiger partial charge on any atom is 0.227 e. The molecule has 0 aliphatic carbocycles. The predicted octanol–water partition coefficient (Wildman–Crippen LogP) is 2.98. The van der Waals surface area contributed by atoms with E-state index in [2.05, 4.69) is 23.1 Å². The fourth-order valence-electron chi connectivity index (χ4n) is 5.34. The van der Waals surface area contributed by atoms with Gasteiger partial charge in [-0.2, -0.15) is 0 Å². The largest absolute Gasteiger partial charge is 0.493 e. The van der Waals surface area contributed by atoms with Crippen molar-refractivity contribution < 1.29 is 19.0 Å². The number of hydrogen-bond donors (Lipinski definition) is 0. The molecule has 0 saturated carbocycles. The number of carbonyl (C=O) groups excluding carboxylic acids is 1. The minimum atomic E-state index is -0.510. The first-order chi connectivity index (χ1) is 14.2. The maximum atomic E-state index is 13.0. The van der Waals surface area contributed by atoms with Crippen LogP contribution < -0.4 is 9.47 Å². The zero-order valence-corrected chi connectivity index (χ0v) is 16.8. The summed E-state index contributed by atoms with van der Waals surface area (Å²) < 4.78 is 17.5. The van der Waals surface area contributed by atoms with E-state index in [1.54, 1.807) is 14.2 Å². The van der Waals surface area contributed by atoms with Gasteiger partial charge in [-0.25, -0.2) is 0 Å². The summed E-state index contributed by atoms with van der Waals surface area (Å²) in [5.41, 5.74) is 1.70. The Morgan fingerprint density at radius 1 is 1.10 bits per heavy atom. The molecular weight excluding hydrogens is 368 g/mol. The van der Waals surface area contributed by atoms with Gasteiger partial charge in [-0.3, -0.25) is 9.69 Å². The first-order valence-corrected chi connectivity index (χ1v) is 10.1. The molecule has 29 heavy (non-hydrogen) atoms. The molecule has 3 heterocycles. The normalized spacial score (nSPS) is 28.5. The van der Waals surface area contributed by atoms with Crippen LogP contribution in [0.15, 0.2) is 48.5 Å². The molecule has 0 aromatic heterocycles. The number of likely N-dealkylation sites (tertiary alicyclic amines) is 1. The number of nitrogens with zero attached hydrogens (tertiary/aromatic N) is 2. The van der Waals surface area contributed by atoms with Gasteiger partial charge >= 0.3 is 0 Å². The molecule has 2 aromatic rings. The molecule has 0 bridgehead atoms. The number of methoxy groups -OCH3 is 2. The second-order valence-electron chi connectivity index (χ2n) is 7.94. The molecule has 3 atom stereocenters. The van der Waals surface area contributed by atoms with Crippen molar-refractivity contribution in [1.82, 2.24) is 9.80 Å². The van der Waals surface area contributed by atoms with Crippen molar-refractivity contribution in [2.75, 3.05) is 27.4 Å². The molecule has 1 amide bonds. The highest BCUT2D eigenvalue weighted by Crippen LogP contribution is 2.52. The number of amides is 1. The topological polar surface area (TPSA) is 51.2 Å². The Morgan fingerprint density at radius 2 is 1.93 bits per heavy atom. The van der Waals surface area contributed by atoms with Gasteiger partial charge in [0, 0.05) is 31.5 Å². The van der Waals surface area contributed by atoms with Crippen LogP contribution in [-0.4, -0.2) is 54.8 Å². The Labute approximate surface area is 171 Å². The molecule has 6 heteroatoms. The van der Waals surface area contributed by atoms with E-state index in [-0.39, 0.29) is 18.0 Å². The molecule has 3 aliphatic rings. The van der Waals surface area contributed by atoms with E-state index < -0.39 is 5.72 Å². The van der Waals surface area contributed by atoms with Crippen molar-refractivity contribution in [2.24, 2.45) is 0 Å². The van der Waals surface area contributed by atoms with Crippen LogP contribution in [0.1, 0.15) is 30.0 Å². The lowest BCUT2D eigenvalue weighted by molar-refractivity contribution is -0.138. The molecule has 152 valence electrons. The Bertz CT molecular complexity index is 918. The Kier molecular flexibility index (Phi) is 4.48. The molecule has 5 rings (SSSR count). The molecule has 6 nitrogen and oxygen atoms in total. The third-order valence-corrected chi connectivity index (χ3v) is 6.61. The van der Waals surface area contributed by atoms with E-state index in [0.717, 1.165) is 35.6 Å². The predicted molar refractivity (Wildman–Crippen MR) is 108 cm³/mol. The average molecular weight is 394 g/mol. The van der Waals surface area contributed by atoms with Crippen molar-refractivity contribution in [3.8, 4) is 11.5 Å². The highest BCUT2D eigenvalue weighted by Gasteiger charge is 2.64. The molecule has 0 radical (unpaired) electrons. The maximum absolute atomic E-state index is 13.0. The first-order valence-electron chi connectivity index (χ1n) is 10.1. The van der Waals surface area contributed by atoms with E-state index in [1.165, 1.54) is 0 Å². The number of ether oxygens (including phenoxy) is 3. The fraction of sp³-hybridized carbons (Fsp3) is 0.435. The van der Waals surface area contributed by atoms with Crippen molar-refractivity contribution in [2.45, 2.75) is 37.2 Å². The second kappa shape index (κ2) is 7.04. The van der Waals surface area contributed by atoms with E-state index >= 15 is 0 Å². The average Bonchev–Trinajstić information content (AvgIpc) is 3.38. The van der Waals surface area contributed by atoms with Crippen LogP contribution in [0.5, 0.6) is 11.5 Å². The summed E-state index contributed by atoms with van der Waals surface area (Å²) in [5, 5.41) is 0. The first kappa shape index (κ1) is 18.5. The Hall–Kier alpha value is -2.57. The SMILES string of the molecule is COc1cccc(CN2CC[C@@]34OC[C@@H](c5ccccc5)N3C(=O)C[C@@H]24)c1OC. The van der Waals surface area contributed by atoms with Gasteiger partial charge in [-0.05, 0) is 11.6 Å². The molecule has 0 unspecified atom stereocenters. The van der Waals surface area contributed by atoms with Gasteiger partial charge in [0.25, 0.3) is 0 Å². The van der Waals surface area contributed by atoms with Gasteiger partial charge in [0.15, 0.2) is 17.2 Å². The number of benzene rings is 2. The van der Waals surface area contributed by atoms with E-state index in [1.807, 2.05) is 35.2 Å². The van der Waals surface area contributed by atoms with Gasteiger partial charge in [-0.1, -0.05) is 42.5 Å². The highest BCUT2D eigenvalue weighted by molar-refractivity contribution is 5.82. The molecule has 3 aliphatic heterocycles. The van der Waals surface area contributed by atoms with Crippen molar-refractivity contribution in [3.63, 3.8) is 0 Å². The standard InChI is InChI=1S/C23H26N2O4/c1-27-19-10-6-9-17(22(19)28-2)14-24-12-11-23-20(24)13-21(26)25(23)18(15-29-23)16-7-4-3-5-8-16/h3-10,18,20H,11-15H2,1-2H3/t18-,20+,23-/m0/s1. The lowest BCUT2D eigenvalue weighted by atomic mass is 10.0. The van der Waals surface area contributed by atoms with Crippen LogP contribution >= 0.6 is 0 Å². The minimum absolute atomic E-state index is 0.00000502. The number of rotatable bonds is 5. The van der Waals surface area contributed by atoms with Crippen molar-refractivity contribution >= 4 is 5.91 Å². The van der Waals surface area contributed by atoms with Gasteiger partial charge in [-0.15, -0.1) is 0 Å². The summed E-state index contributed by atoms with van der Waals surface area (Å²) >= 11 is 0. The summed E-state index contributed by atoms with van der Waals surface area (Å²) in [7, 11) is 3.31. The third kappa shape index (κ3) is 2.74. The quantitative estimate of drug-likeness (QED) is 0.780. The van der Waals surface area contributed by atoms with E-state index in [4.69, 9.17) is 14.2 Å². The van der Waals surface area contributed by atoms with Crippen molar-refractivity contribution in [1.29, 1.82) is 0 Å². The van der Waals surface area contributed by atoms with Crippen LogP contribution in [-0.2, 0) is 16.1 Å². The van der Waals surface area contributed by atoms with Crippen LogP contribution in [0.4, 0.5) is 0 Å². The molecule has 3 fully saturated rings. The lowest BCUT2D eigenvalue weighted by Gasteiger charge is -2.33. The zero-order valence-electron chi connectivity index (χ0n) is 16.8. The highest BCUT2D eigenvalue weighted by atomic mass is 16.5. The summed E-state index contributed by atoms with van der Waals surface area (Å²) in [6, 6.07) is 16.2. The zero-order chi connectivity index (χ0) is 20.0. The van der Waals surface area contributed by atoms with E-state index in [9.17, 15) is 4.79 Å². The number of hydrogen-bond acceptors (Lipinski definition) is 5. The van der Waals surface area contributed by atoms with Crippen LogP contribution in [0.25, 0.3) is 0 Å². The Morgan fingerprint density at radius 3 is 2.69 bits per heavy atom. The van der Waals surface area contributed by atoms with Crippen LogP contribution in [0, 0.1) is 0 Å². The molecule has 3 saturated heterocycles. The van der Waals surface area contributed by atoms with Gasteiger partial charge in [0.2, 0.25) is 5.91 Å². The van der Waals surface area contributed by atoms with Gasteiger partial charge in [0.05, 0.1) is 32.9 Å². The molecule has 1 spiro atoms. The summed E-state index contributed by atoms with van der Waals surface area (Å²) in [5.74, 6) is 1.67. The lowest BCUT2D eigenvalue weighted by Crippen LogP contribution is -2.48. The van der Waals surface area contributed by atoms with Crippen LogP contribution in [0.2, 0.25) is 0 Å². The number of carbonyl (C=O) groups is 1. The Balaban J connectivity index is 1.42. The summed E-state index contributed by atoms with van der Waals surface area (Å²) in [6.45, 7) is 2.15.